The van der Waals surface area contributed by atoms with Crippen LogP contribution in [0.3, 0.4) is 0 Å². The molecule has 0 unspecified atom stereocenters. The topological polar surface area (TPSA) is 73.2 Å². The molecule has 0 fully saturated rings. The summed E-state index contributed by atoms with van der Waals surface area (Å²) in [6.07, 6.45) is 0.0937. The fourth-order valence-corrected chi connectivity index (χ4v) is 4.34. The van der Waals surface area contributed by atoms with Crippen molar-refractivity contribution >= 4 is 40.4 Å². The van der Waals surface area contributed by atoms with E-state index < -0.39 is 5.92 Å². The summed E-state index contributed by atoms with van der Waals surface area (Å²) < 4.78 is 7.39. The van der Waals surface area contributed by atoms with Gasteiger partial charge in [0.15, 0.2) is 5.78 Å². The Hall–Kier alpha value is -2.64. The molecular formula is C19H16ClN3O3S. The molecule has 4 rings (SSSR count). The fourth-order valence-electron chi connectivity index (χ4n) is 3.30. The minimum atomic E-state index is -0.574. The van der Waals surface area contributed by atoms with Crippen LogP contribution in [0.4, 0.5) is 5.82 Å². The highest BCUT2D eigenvalue weighted by molar-refractivity contribution is 7.18. The average molecular weight is 402 g/mol. The van der Waals surface area contributed by atoms with Crippen LogP contribution in [0.5, 0.6) is 5.75 Å². The second-order valence-corrected chi connectivity index (χ2v) is 7.95. The van der Waals surface area contributed by atoms with E-state index in [9.17, 15) is 9.59 Å². The Kier molecular flexibility index (Phi) is 4.49. The zero-order valence-electron chi connectivity index (χ0n) is 14.7. The van der Waals surface area contributed by atoms with Crippen LogP contribution in [0.2, 0.25) is 4.34 Å². The van der Waals surface area contributed by atoms with Gasteiger partial charge in [-0.1, -0.05) is 11.6 Å². The van der Waals surface area contributed by atoms with Crippen molar-refractivity contribution in [2.24, 2.45) is 0 Å². The number of Topliss-reactive ketones (excluding diaryl/α,β-unsaturated/α-hetero) is 1. The summed E-state index contributed by atoms with van der Waals surface area (Å²) >= 11 is 7.19. The lowest BCUT2D eigenvalue weighted by atomic mass is 9.87. The molecule has 6 nitrogen and oxygen atoms in total. The third-order valence-electron chi connectivity index (χ3n) is 4.55. The quantitative estimate of drug-likeness (QED) is 0.664. The lowest BCUT2D eigenvalue weighted by Crippen LogP contribution is -2.28. The zero-order chi connectivity index (χ0) is 19.1. The number of amides is 1. The molecule has 0 bridgehead atoms. The van der Waals surface area contributed by atoms with Gasteiger partial charge >= 0.3 is 0 Å². The predicted molar refractivity (Wildman–Crippen MR) is 105 cm³/mol. The summed E-state index contributed by atoms with van der Waals surface area (Å²) in [4.78, 5) is 25.9. The number of benzene rings is 1. The van der Waals surface area contributed by atoms with Gasteiger partial charge in [0, 0.05) is 12.0 Å². The van der Waals surface area contributed by atoms with E-state index in [-0.39, 0.29) is 18.1 Å². The van der Waals surface area contributed by atoms with E-state index in [0.29, 0.717) is 20.7 Å². The number of carbonyl (C=O) groups is 2. The van der Waals surface area contributed by atoms with Gasteiger partial charge in [0.05, 0.1) is 33.6 Å². The molecule has 138 valence electrons. The predicted octanol–water partition coefficient (Wildman–Crippen LogP) is 4.21. The minimum Gasteiger partial charge on any atom is -0.497 e. The zero-order valence-corrected chi connectivity index (χ0v) is 16.2. The molecule has 1 aromatic carbocycles. The molecule has 0 radical (unpaired) electrons. The van der Waals surface area contributed by atoms with Gasteiger partial charge in [-0.3, -0.25) is 9.59 Å². The molecule has 27 heavy (non-hydrogen) atoms. The number of fused-ring (bicyclic) bond motifs is 1. The molecule has 3 heterocycles. The second kappa shape index (κ2) is 6.83. The Morgan fingerprint density at radius 3 is 2.67 bits per heavy atom. The molecule has 1 atom stereocenters. The number of hydrogen-bond donors (Lipinski definition) is 1. The largest absolute Gasteiger partial charge is 0.497 e. The van der Waals surface area contributed by atoms with Gasteiger partial charge in [-0.15, -0.1) is 11.3 Å². The summed E-state index contributed by atoms with van der Waals surface area (Å²) in [7, 11) is 1.60. The maximum Gasteiger partial charge on any atom is 0.226 e. The van der Waals surface area contributed by atoms with Crippen LogP contribution in [0.15, 0.2) is 36.4 Å². The highest BCUT2D eigenvalue weighted by Gasteiger charge is 2.36. The third-order valence-corrected chi connectivity index (χ3v) is 5.80. The van der Waals surface area contributed by atoms with Crippen LogP contribution in [0, 0.1) is 6.92 Å². The molecule has 0 saturated carbocycles. The summed E-state index contributed by atoms with van der Waals surface area (Å²) in [5, 5.41) is 7.44. The fraction of sp³-hybridized carbons (Fsp3) is 0.211. The molecule has 0 spiro atoms. The number of rotatable bonds is 4. The number of ketones is 1. The number of ether oxygens (including phenoxy) is 1. The monoisotopic (exact) mass is 401 g/mol. The van der Waals surface area contributed by atoms with Crippen molar-refractivity contribution in [2.75, 3.05) is 12.4 Å². The first-order valence-corrected chi connectivity index (χ1v) is 9.50. The Morgan fingerprint density at radius 2 is 2.04 bits per heavy atom. The van der Waals surface area contributed by atoms with Crippen LogP contribution < -0.4 is 10.1 Å². The number of aryl methyl sites for hydroxylation is 1. The molecule has 1 aliphatic rings. The number of hydrogen-bond acceptors (Lipinski definition) is 5. The van der Waals surface area contributed by atoms with Crippen molar-refractivity contribution in [3.05, 3.63) is 56.9 Å². The molecule has 0 saturated heterocycles. The lowest BCUT2D eigenvalue weighted by Gasteiger charge is -2.22. The van der Waals surface area contributed by atoms with Gasteiger partial charge in [-0.2, -0.15) is 5.10 Å². The third kappa shape index (κ3) is 3.13. The molecule has 1 N–H and O–H groups in total. The summed E-state index contributed by atoms with van der Waals surface area (Å²) in [5.41, 5.74) is 2.23. The highest BCUT2D eigenvalue weighted by Crippen LogP contribution is 2.39. The molecule has 1 amide bonds. The van der Waals surface area contributed by atoms with Crippen LogP contribution in [-0.4, -0.2) is 28.6 Å². The Bertz CT molecular complexity index is 1040. The van der Waals surface area contributed by atoms with Crippen molar-refractivity contribution in [2.45, 2.75) is 19.3 Å². The maximum absolute atomic E-state index is 13.0. The summed E-state index contributed by atoms with van der Waals surface area (Å²) in [5.74, 6) is 0.368. The standard InChI is InChI=1S/C19H16ClN3O3S/c1-10-17-13(18(25)14-7-8-15(20)27-14)9-16(24)21-19(17)23(22-10)11-3-5-12(26-2)6-4-11/h3-8,13H,9H2,1-2H3,(H,21,24)/t13-/m1/s1. The van der Waals surface area contributed by atoms with E-state index in [4.69, 9.17) is 16.3 Å². The van der Waals surface area contributed by atoms with Crippen LogP contribution in [0.25, 0.3) is 5.69 Å². The molecule has 1 aliphatic heterocycles. The van der Waals surface area contributed by atoms with E-state index in [1.807, 2.05) is 31.2 Å². The SMILES string of the molecule is COc1ccc(-n2nc(C)c3c2NC(=O)C[C@H]3C(=O)c2ccc(Cl)s2)cc1. The number of halogens is 1. The first-order chi connectivity index (χ1) is 13.0. The van der Waals surface area contributed by atoms with Crippen molar-refractivity contribution in [3.8, 4) is 11.4 Å². The van der Waals surface area contributed by atoms with E-state index in [0.717, 1.165) is 17.0 Å². The summed E-state index contributed by atoms with van der Waals surface area (Å²) in [6, 6.07) is 10.7. The van der Waals surface area contributed by atoms with Gasteiger partial charge in [-0.25, -0.2) is 4.68 Å². The van der Waals surface area contributed by atoms with Crippen LogP contribution in [-0.2, 0) is 4.79 Å². The maximum atomic E-state index is 13.0. The van der Waals surface area contributed by atoms with Crippen LogP contribution in [0.1, 0.15) is 33.3 Å². The second-order valence-electron chi connectivity index (χ2n) is 6.23. The first kappa shape index (κ1) is 17.8. The van der Waals surface area contributed by atoms with Crippen molar-refractivity contribution in [3.63, 3.8) is 0 Å². The molecular weight excluding hydrogens is 386 g/mol. The number of nitrogens with zero attached hydrogens (tertiary/aromatic N) is 2. The van der Waals surface area contributed by atoms with Crippen molar-refractivity contribution < 1.29 is 14.3 Å². The normalized spacial score (nSPS) is 16.0. The van der Waals surface area contributed by atoms with Gasteiger partial charge in [0.25, 0.3) is 0 Å². The molecule has 3 aromatic rings. The van der Waals surface area contributed by atoms with Gasteiger partial charge in [0.2, 0.25) is 5.91 Å². The van der Waals surface area contributed by atoms with Gasteiger partial charge < -0.3 is 10.1 Å². The first-order valence-electron chi connectivity index (χ1n) is 8.31. The average Bonchev–Trinajstić information content (AvgIpc) is 3.24. The van der Waals surface area contributed by atoms with E-state index in [1.165, 1.54) is 11.3 Å². The Balaban J connectivity index is 1.79. The molecule has 0 aliphatic carbocycles. The Labute approximate surface area is 164 Å². The van der Waals surface area contributed by atoms with E-state index in [1.54, 1.807) is 23.9 Å². The number of anilines is 1. The number of nitrogens with one attached hydrogen (secondary N) is 1. The number of carbonyl (C=O) groups excluding carboxylic acids is 2. The number of thiophene rings is 1. The molecule has 8 heteroatoms. The lowest BCUT2D eigenvalue weighted by molar-refractivity contribution is -0.116. The number of aromatic nitrogens is 2. The Morgan fingerprint density at radius 1 is 1.30 bits per heavy atom. The summed E-state index contributed by atoms with van der Waals surface area (Å²) in [6.45, 7) is 1.85. The highest BCUT2D eigenvalue weighted by atomic mass is 35.5. The van der Waals surface area contributed by atoms with Crippen LogP contribution >= 0.6 is 22.9 Å². The van der Waals surface area contributed by atoms with Gasteiger partial charge in [-0.05, 0) is 43.3 Å². The smallest absolute Gasteiger partial charge is 0.226 e. The van der Waals surface area contributed by atoms with Crippen molar-refractivity contribution in [1.82, 2.24) is 9.78 Å². The molecule has 2 aromatic heterocycles. The van der Waals surface area contributed by atoms with E-state index >= 15 is 0 Å². The van der Waals surface area contributed by atoms with Crippen molar-refractivity contribution in [1.29, 1.82) is 0 Å². The van der Waals surface area contributed by atoms with E-state index in [2.05, 4.69) is 10.4 Å². The number of methoxy groups -OCH3 is 1. The van der Waals surface area contributed by atoms with Gasteiger partial charge in [0.1, 0.15) is 11.6 Å². The minimum absolute atomic E-state index is 0.0937.